The Kier molecular flexibility index (Phi) is 5.88. The van der Waals surface area contributed by atoms with Crippen LogP contribution in [0.1, 0.15) is 12.5 Å². The molecule has 0 fully saturated rings. The minimum atomic E-state index is -0.485. The van der Waals surface area contributed by atoms with Gasteiger partial charge >= 0.3 is 0 Å². The zero-order valence-electron chi connectivity index (χ0n) is 14.5. The molecule has 2 aromatic rings. The molecule has 0 spiro atoms. The van der Waals surface area contributed by atoms with Crippen LogP contribution in [0, 0.1) is 11.6 Å². The molecule has 2 N–H and O–H groups in total. The minimum Gasteiger partial charge on any atom is -0.486 e. The molecule has 0 bridgehead atoms. The van der Waals surface area contributed by atoms with Crippen molar-refractivity contribution in [3.8, 4) is 11.5 Å². The van der Waals surface area contributed by atoms with Crippen molar-refractivity contribution in [3.05, 3.63) is 59.7 Å². The highest BCUT2D eigenvalue weighted by Gasteiger charge is 2.20. The van der Waals surface area contributed by atoms with Crippen LogP contribution in [0.3, 0.4) is 0 Å². The van der Waals surface area contributed by atoms with Crippen molar-refractivity contribution >= 4 is 5.96 Å². The van der Waals surface area contributed by atoms with Crippen molar-refractivity contribution < 1.29 is 18.3 Å². The van der Waals surface area contributed by atoms with Gasteiger partial charge in [0.05, 0.1) is 13.1 Å². The number of benzene rings is 2. The van der Waals surface area contributed by atoms with E-state index in [9.17, 15) is 8.78 Å². The second-order valence-electron chi connectivity index (χ2n) is 5.81. The molecule has 1 aliphatic rings. The quantitative estimate of drug-likeness (QED) is 0.635. The predicted octanol–water partition coefficient (Wildman–Crippen LogP) is 2.86. The summed E-state index contributed by atoms with van der Waals surface area (Å²) < 4.78 is 38.5. The Hall–Kier alpha value is -2.83. The molecular formula is C19H21F2N3O2. The second kappa shape index (κ2) is 8.51. The summed E-state index contributed by atoms with van der Waals surface area (Å²) in [6.45, 7) is 3.48. The van der Waals surface area contributed by atoms with Gasteiger partial charge in [0.25, 0.3) is 0 Å². The zero-order valence-corrected chi connectivity index (χ0v) is 14.5. The number of ether oxygens (including phenoxy) is 2. The van der Waals surface area contributed by atoms with Gasteiger partial charge in [-0.1, -0.05) is 12.1 Å². The number of hydrogen-bond acceptors (Lipinski definition) is 3. The number of aliphatic imine (C=N–C) groups is 1. The van der Waals surface area contributed by atoms with Gasteiger partial charge in [-0.05, 0) is 37.3 Å². The molecule has 138 valence electrons. The summed E-state index contributed by atoms with van der Waals surface area (Å²) in [5, 5.41) is 6.22. The lowest BCUT2D eigenvalue weighted by atomic mass is 10.2. The molecule has 0 aliphatic carbocycles. The van der Waals surface area contributed by atoms with Crippen molar-refractivity contribution in [2.45, 2.75) is 19.6 Å². The Balaban J connectivity index is 1.59. The van der Waals surface area contributed by atoms with E-state index < -0.39 is 11.6 Å². The number of halogens is 2. The molecule has 1 unspecified atom stereocenters. The Morgan fingerprint density at radius 3 is 2.77 bits per heavy atom. The molecule has 2 aromatic carbocycles. The number of nitrogens with zero attached hydrogens (tertiary/aromatic N) is 1. The average Bonchev–Trinajstić information content (AvgIpc) is 2.66. The van der Waals surface area contributed by atoms with Crippen LogP contribution < -0.4 is 20.1 Å². The maximum atomic E-state index is 13.7. The summed E-state index contributed by atoms with van der Waals surface area (Å²) in [7, 11) is 0. The van der Waals surface area contributed by atoms with Crippen LogP contribution in [-0.2, 0) is 6.54 Å². The fourth-order valence-electron chi connectivity index (χ4n) is 2.54. The molecule has 3 rings (SSSR count). The Morgan fingerprint density at radius 2 is 1.96 bits per heavy atom. The van der Waals surface area contributed by atoms with E-state index >= 15 is 0 Å². The number of hydrogen-bond donors (Lipinski definition) is 2. The average molecular weight is 361 g/mol. The normalized spacial score (nSPS) is 16.3. The van der Waals surface area contributed by atoms with Gasteiger partial charge in [0.1, 0.15) is 24.3 Å². The molecule has 26 heavy (non-hydrogen) atoms. The Bertz CT molecular complexity index is 783. The first kappa shape index (κ1) is 18.0. The van der Waals surface area contributed by atoms with Crippen molar-refractivity contribution in [3.63, 3.8) is 0 Å². The highest BCUT2D eigenvalue weighted by Crippen LogP contribution is 2.30. The number of guanidine groups is 1. The van der Waals surface area contributed by atoms with Crippen LogP contribution in [-0.4, -0.2) is 31.8 Å². The van der Waals surface area contributed by atoms with E-state index in [2.05, 4.69) is 15.6 Å². The molecule has 0 saturated carbocycles. The van der Waals surface area contributed by atoms with E-state index in [0.29, 0.717) is 31.4 Å². The molecular weight excluding hydrogens is 340 g/mol. The third-order valence-corrected chi connectivity index (χ3v) is 3.82. The highest BCUT2D eigenvalue weighted by molar-refractivity contribution is 5.79. The molecule has 0 aromatic heterocycles. The maximum Gasteiger partial charge on any atom is 0.191 e. The van der Waals surface area contributed by atoms with Crippen molar-refractivity contribution in [1.29, 1.82) is 0 Å². The van der Waals surface area contributed by atoms with Crippen LogP contribution in [0.25, 0.3) is 0 Å². The Morgan fingerprint density at radius 1 is 1.15 bits per heavy atom. The zero-order chi connectivity index (χ0) is 18.4. The van der Waals surface area contributed by atoms with Crippen molar-refractivity contribution in [2.24, 2.45) is 4.99 Å². The van der Waals surface area contributed by atoms with Crippen LogP contribution in [0.15, 0.2) is 47.5 Å². The second-order valence-corrected chi connectivity index (χ2v) is 5.81. The lowest BCUT2D eigenvalue weighted by Gasteiger charge is -2.27. The fraction of sp³-hybridized carbons (Fsp3) is 0.316. The van der Waals surface area contributed by atoms with Crippen molar-refractivity contribution in [2.75, 3.05) is 19.7 Å². The maximum absolute atomic E-state index is 13.7. The summed E-state index contributed by atoms with van der Waals surface area (Å²) in [5.41, 5.74) is 0.202. The van der Waals surface area contributed by atoms with E-state index in [4.69, 9.17) is 9.47 Å². The van der Waals surface area contributed by atoms with Crippen LogP contribution >= 0.6 is 0 Å². The smallest absolute Gasteiger partial charge is 0.191 e. The monoisotopic (exact) mass is 361 g/mol. The first-order chi connectivity index (χ1) is 12.7. The standard InChI is InChI=1S/C19H21F2N3O2/c1-2-22-19(23-10-13-9-14(20)7-8-16(13)21)24-11-15-12-25-17-5-3-4-6-18(17)26-15/h3-9,15H,2,10-12H2,1H3,(H2,22,23,24). The largest absolute Gasteiger partial charge is 0.486 e. The van der Waals surface area contributed by atoms with Gasteiger partial charge in [-0.2, -0.15) is 0 Å². The SMILES string of the molecule is CCNC(=NCc1cc(F)ccc1F)NCC1COc2ccccc2O1. The van der Waals surface area contributed by atoms with E-state index in [-0.39, 0.29) is 18.2 Å². The lowest BCUT2D eigenvalue weighted by Crippen LogP contribution is -2.45. The van der Waals surface area contributed by atoms with Gasteiger partial charge in [-0.15, -0.1) is 0 Å². The Labute approximate surface area is 151 Å². The molecule has 1 aliphatic heterocycles. The summed E-state index contributed by atoms with van der Waals surface area (Å²) in [6.07, 6.45) is -0.181. The summed E-state index contributed by atoms with van der Waals surface area (Å²) >= 11 is 0. The first-order valence-electron chi connectivity index (χ1n) is 8.50. The number of fused-ring (bicyclic) bond motifs is 1. The summed E-state index contributed by atoms with van der Waals surface area (Å²) in [6, 6.07) is 10.8. The van der Waals surface area contributed by atoms with E-state index in [0.717, 1.165) is 23.9 Å². The van der Waals surface area contributed by atoms with Gasteiger partial charge < -0.3 is 20.1 Å². The molecule has 1 atom stereocenters. The van der Waals surface area contributed by atoms with Gasteiger partial charge in [0.15, 0.2) is 17.5 Å². The molecule has 0 radical (unpaired) electrons. The molecule has 1 heterocycles. The topological polar surface area (TPSA) is 54.9 Å². The molecule has 0 amide bonds. The van der Waals surface area contributed by atoms with Crippen LogP contribution in [0.4, 0.5) is 8.78 Å². The van der Waals surface area contributed by atoms with E-state index in [1.54, 1.807) is 0 Å². The number of nitrogens with one attached hydrogen (secondary N) is 2. The van der Waals surface area contributed by atoms with Crippen LogP contribution in [0.2, 0.25) is 0 Å². The predicted molar refractivity (Wildman–Crippen MR) is 95.5 cm³/mol. The summed E-state index contributed by atoms with van der Waals surface area (Å²) in [5.74, 6) is 0.964. The fourth-order valence-corrected chi connectivity index (χ4v) is 2.54. The highest BCUT2D eigenvalue weighted by atomic mass is 19.1. The minimum absolute atomic E-state index is 0.0315. The third-order valence-electron chi connectivity index (χ3n) is 3.82. The first-order valence-corrected chi connectivity index (χ1v) is 8.50. The van der Waals surface area contributed by atoms with Crippen molar-refractivity contribution in [1.82, 2.24) is 10.6 Å². The lowest BCUT2D eigenvalue weighted by molar-refractivity contribution is 0.0936. The molecule has 5 nitrogen and oxygen atoms in total. The molecule has 7 heteroatoms. The number of para-hydroxylation sites is 2. The molecule has 0 saturated heterocycles. The van der Waals surface area contributed by atoms with Gasteiger partial charge in [-0.25, -0.2) is 13.8 Å². The van der Waals surface area contributed by atoms with Crippen LogP contribution in [0.5, 0.6) is 11.5 Å². The number of rotatable bonds is 5. The third kappa shape index (κ3) is 4.62. The van der Waals surface area contributed by atoms with E-state index in [1.807, 2.05) is 31.2 Å². The van der Waals surface area contributed by atoms with Gasteiger partial charge in [0, 0.05) is 12.1 Å². The van der Waals surface area contributed by atoms with Gasteiger partial charge in [-0.3, -0.25) is 0 Å². The van der Waals surface area contributed by atoms with Gasteiger partial charge in [0.2, 0.25) is 0 Å². The van der Waals surface area contributed by atoms with E-state index in [1.165, 1.54) is 0 Å². The summed E-state index contributed by atoms with van der Waals surface area (Å²) in [4.78, 5) is 4.31.